The summed E-state index contributed by atoms with van der Waals surface area (Å²) in [4.78, 5) is -0.113. The molecule has 1 atom stereocenters. The Labute approximate surface area is 60.3 Å². The maximum Gasteiger partial charge on any atom is 0.290 e. The first-order chi connectivity index (χ1) is 4.27. The predicted octanol–water partition coefficient (Wildman–Crippen LogP) is -1.01. The van der Waals surface area contributed by atoms with Crippen molar-refractivity contribution in [3.63, 3.8) is 0 Å². The Balaban J connectivity index is 2.46. The molecule has 0 N–H and O–H groups in total. The van der Waals surface area contributed by atoms with Gasteiger partial charge in [0.1, 0.15) is 0 Å². The molecule has 9 heavy (non-hydrogen) atoms. The number of hydrogen-bond donors (Lipinski definition) is 0. The van der Waals surface area contributed by atoms with Gasteiger partial charge in [-0.1, -0.05) is 0 Å². The molecule has 1 fully saturated rings. The van der Waals surface area contributed by atoms with E-state index in [0.717, 1.165) is 29.7 Å². The molecule has 0 amide bonds. The van der Waals surface area contributed by atoms with Crippen LogP contribution in [0.15, 0.2) is 0 Å². The SMILES string of the molecule is O=[SiH]C1([SiH3])CCCCO1. The third-order valence-electron chi connectivity index (χ3n) is 1.75. The first kappa shape index (κ1) is 7.30. The van der Waals surface area contributed by atoms with E-state index in [1.54, 1.807) is 0 Å². The standard InChI is InChI=1S/C5H12O2Si2/c6-9-5(8)3-1-2-4-7-5/h9H,1-4H2,8H3. The third kappa shape index (κ3) is 1.81. The third-order valence-corrected chi connectivity index (χ3v) is 4.20. The van der Waals surface area contributed by atoms with Crippen LogP contribution in [-0.2, 0) is 9.20 Å². The molecule has 0 spiro atoms. The van der Waals surface area contributed by atoms with Crippen LogP contribution in [0.25, 0.3) is 0 Å². The molecule has 0 bridgehead atoms. The van der Waals surface area contributed by atoms with Crippen LogP contribution in [0.2, 0.25) is 0 Å². The van der Waals surface area contributed by atoms with Crippen molar-refractivity contribution in [2.45, 2.75) is 24.1 Å². The highest BCUT2D eigenvalue weighted by atomic mass is 28.2. The van der Waals surface area contributed by atoms with Crippen molar-refractivity contribution >= 4 is 19.6 Å². The van der Waals surface area contributed by atoms with Crippen LogP contribution in [0.1, 0.15) is 19.3 Å². The summed E-state index contributed by atoms with van der Waals surface area (Å²) in [6.45, 7) is 0.832. The van der Waals surface area contributed by atoms with Crippen molar-refractivity contribution < 1.29 is 9.20 Å². The highest BCUT2D eigenvalue weighted by Crippen LogP contribution is 2.18. The van der Waals surface area contributed by atoms with Gasteiger partial charge in [-0.3, -0.25) is 0 Å². The van der Waals surface area contributed by atoms with Crippen molar-refractivity contribution in [1.82, 2.24) is 0 Å². The Morgan fingerprint density at radius 1 is 1.56 bits per heavy atom. The van der Waals surface area contributed by atoms with E-state index in [0.29, 0.717) is 0 Å². The average Bonchev–Trinajstić information content (AvgIpc) is 1.90. The lowest BCUT2D eigenvalue weighted by Crippen LogP contribution is -2.39. The van der Waals surface area contributed by atoms with Gasteiger partial charge >= 0.3 is 0 Å². The van der Waals surface area contributed by atoms with Crippen molar-refractivity contribution in [3.8, 4) is 0 Å². The average molecular weight is 160 g/mol. The van der Waals surface area contributed by atoms with Crippen LogP contribution in [0, 0.1) is 0 Å². The number of hydrogen-bond acceptors (Lipinski definition) is 2. The van der Waals surface area contributed by atoms with Crippen LogP contribution in [0.4, 0.5) is 0 Å². The molecular formula is C5H12O2Si2. The van der Waals surface area contributed by atoms with Crippen LogP contribution in [-0.4, -0.2) is 31.1 Å². The van der Waals surface area contributed by atoms with E-state index >= 15 is 0 Å². The zero-order chi connectivity index (χ0) is 6.74. The van der Waals surface area contributed by atoms with Crippen LogP contribution in [0.5, 0.6) is 0 Å². The molecule has 1 aliphatic rings. The summed E-state index contributed by atoms with van der Waals surface area (Å²) in [5.41, 5.74) is 0. The van der Waals surface area contributed by atoms with E-state index in [2.05, 4.69) is 0 Å². The normalized spacial score (nSPS) is 36.4. The Morgan fingerprint density at radius 3 is 2.67 bits per heavy atom. The quantitative estimate of drug-likeness (QED) is 0.459. The van der Waals surface area contributed by atoms with Gasteiger partial charge in [0.05, 0.1) is 4.85 Å². The van der Waals surface area contributed by atoms with Crippen molar-refractivity contribution in [2.75, 3.05) is 6.61 Å². The second kappa shape index (κ2) is 2.85. The van der Waals surface area contributed by atoms with Gasteiger partial charge in [-0.2, -0.15) is 0 Å². The Hall–Kier alpha value is 0.194. The molecule has 0 aromatic heterocycles. The number of ether oxygens (including phenoxy) is 1. The molecule has 1 aliphatic heterocycles. The van der Waals surface area contributed by atoms with Gasteiger partial charge in [0.25, 0.3) is 9.41 Å². The lowest BCUT2D eigenvalue weighted by molar-refractivity contribution is 0.0335. The van der Waals surface area contributed by atoms with Crippen molar-refractivity contribution in [1.29, 1.82) is 0 Å². The van der Waals surface area contributed by atoms with Gasteiger partial charge in [0, 0.05) is 16.8 Å². The molecule has 1 rings (SSSR count). The van der Waals surface area contributed by atoms with E-state index in [1.165, 1.54) is 6.42 Å². The highest BCUT2D eigenvalue weighted by Gasteiger charge is 2.26. The molecule has 52 valence electrons. The van der Waals surface area contributed by atoms with Gasteiger partial charge < -0.3 is 9.20 Å². The molecule has 0 aromatic rings. The smallest absolute Gasteiger partial charge is 0.290 e. The van der Waals surface area contributed by atoms with Gasteiger partial charge in [-0.25, -0.2) is 0 Å². The second-order valence-corrected chi connectivity index (χ2v) is 7.04. The fourth-order valence-electron chi connectivity index (χ4n) is 1.05. The fourth-order valence-corrected chi connectivity index (χ4v) is 2.11. The predicted molar refractivity (Wildman–Crippen MR) is 40.3 cm³/mol. The Morgan fingerprint density at radius 2 is 2.33 bits per heavy atom. The molecule has 0 saturated carbocycles. The number of rotatable bonds is 1. The van der Waals surface area contributed by atoms with E-state index in [-0.39, 0.29) is 4.85 Å². The van der Waals surface area contributed by atoms with E-state index in [4.69, 9.17) is 4.74 Å². The molecule has 2 nitrogen and oxygen atoms in total. The summed E-state index contributed by atoms with van der Waals surface area (Å²) < 4.78 is 16.0. The summed E-state index contributed by atoms with van der Waals surface area (Å²) >= 11 is 0. The first-order valence-corrected chi connectivity index (χ1v) is 5.42. The fraction of sp³-hybridized carbons (Fsp3) is 1.00. The van der Waals surface area contributed by atoms with E-state index in [1.807, 2.05) is 0 Å². The van der Waals surface area contributed by atoms with Gasteiger partial charge in [-0.15, -0.1) is 0 Å². The maximum atomic E-state index is 10.6. The zero-order valence-electron chi connectivity index (χ0n) is 5.72. The molecule has 1 saturated heterocycles. The molecule has 1 unspecified atom stereocenters. The van der Waals surface area contributed by atoms with Crippen LogP contribution >= 0.6 is 0 Å². The molecule has 0 aromatic carbocycles. The minimum absolute atomic E-state index is 0.113. The second-order valence-electron chi connectivity index (χ2n) is 2.74. The van der Waals surface area contributed by atoms with Crippen LogP contribution in [0.3, 0.4) is 0 Å². The summed E-state index contributed by atoms with van der Waals surface area (Å²) in [5.74, 6) is 0. The van der Waals surface area contributed by atoms with Crippen molar-refractivity contribution in [3.05, 3.63) is 0 Å². The Bertz CT molecular complexity index is 110. The van der Waals surface area contributed by atoms with E-state index in [9.17, 15) is 4.46 Å². The minimum atomic E-state index is -0.695. The first-order valence-electron chi connectivity index (χ1n) is 3.37. The largest absolute Gasteiger partial charge is 0.389 e. The topological polar surface area (TPSA) is 26.3 Å². The monoisotopic (exact) mass is 160 g/mol. The van der Waals surface area contributed by atoms with Crippen LogP contribution < -0.4 is 0 Å². The maximum absolute atomic E-state index is 10.6. The summed E-state index contributed by atoms with van der Waals surface area (Å²) in [7, 11) is 0.238. The highest BCUT2D eigenvalue weighted by molar-refractivity contribution is 6.42. The molecule has 0 aliphatic carbocycles. The van der Waals surface area contributed by atoms with Gasteiger partial charge in [-0.05, 0) is 19.3 Å². The van der Waals surface area contributed by atoms with Gasteiger partial charge in [0.15, 0.2) is 0 Å². The minimum Gasteiger partial charge on any atom is -0.389 e. The molecular weight excluding hydrogens is 148 g/mol. The van der Waals surface area contributed by atoms with Crippen molar-refractivity contribution in [2.24, 2.45) is 0 Å². The zero-order valence-corrected chi connectivity index (χ0v) is 8.88. The summed E-state index contributed by atoms with van der Waals surface area (Å²) in [6, 6.07) is 0. The molecule has 4 heteroatoms. The molecule has 0 radical (unpaired) electrons. The lowest BCUT2D eigenvalue weighted by Gasteiger charge is -2.27. The Kier molecular flexibility index (Phi) is 2.31. The van der Waals surface area contributed by atoms with Gasteiger partial charge in [0.2, 0.25) is 0 Å². The summed E-state index contributed by atoms with van der Waals surface area (Å²) in [6.07, 6.45) is 3.40. The molecule has 1 heterocycles. The van der Waals surface area contributed by atoms with E-state index < -0.39 is 9.41 Å². The lowest BCUT2D eigenvalue weighted by atomic mass is 10.2. The summed E-state index contributed by atoms with van der Waals surface area (Å²) in [5, 5.41) is 0.